The van der Waals surface area contributed by atoms with Crippen LogP contribution in [0.25, 0.3) is 5.65 Å². The van der Waals surface area contributed by atoms with Crippen molar-refractivity contribution < 1.29 is 0 Å². The summed E-state index contributed by atoms with van der Waals surface area (Å²) in [5, 5.41) is 18.9. The molecule has 0 amide bonds. The van der Waals surface area contributed by atoms with E-state index in [4.69, 9.17) is 0 Å². The molecule has 2 aromatic heterocycles. The normalized spacial score (nSPS) is 19.7. The average molecular weight is 261 g/mol. The first-order valence-electron chi connectivity index (χ1n) is 6.63. The molecule has 1 aliphatic rings. The Morgan fingerprint density at radius 1 is 1.32 bits per heavy atom. The Bertz CT molecular complexity index is 556. The zero-order chi connectivity index (χ0) is 13.3. The van der Waals surface area contributed by atoms with Crippen LogP contribution in [0.4, 0.5) is 5.82 Å². The van der Waals surface area contributed by atoms with Crippen molar-refractivity contribution in [2.24, 2.45) is 5.41 Å². The van der Waals surface area contributed by atoms with E-state index in [9.17, 15) is 0 Å². The van der Waals surface area contributed by atoms with Gasteiger partial charge in [-0.3, -0.25) is 0 Å². The van der Waals surface area contributed by atoms with Gasteiger partial charge in [-0.1, -0.05) is 6.92 Å². The fourth-order valence-corrected chi connectivity index (χ4v) is 2.38. The minimum atomic E-state index is 0.337. The maximum absolute atomic E-state index is 4.32. The topological polar surface area (TPSA) is 71.2 Å². The highest BCUT2D eigenvalue weighted by molar-refractivity contribution is 5.42. The molecule has 0 bridgehead atoms. The van der Waals surface area contributed by atoms with E-state index in [0.29, 0.717) is 11.1 Å². The molecule has 102 valence electrons. The molecule has 1 aliphatic heterocycles. The zero-order valence-electron chi connectivity index (χ0n) is 11.4. The molecule has 7 heteroatoms. The third-order valence-corrected chi connectivity index (χ3v) is 3.96. The van der Waals surface area contributed by atoms with Crippen molar-refractivity contribution in [3.63, 3.8) is 0 Å². The first-order chi connectivity index (χ1) is 9.15. The van der Waals surface area contributed by atoms with Crippen LogP contribution in [0.2, 0.25) is 0 Å². The Hall–Kier alpha value is -1.76. The van der Waals surface area contributed by atoms with Gasteiger partial charge in [-0.15, -0.1) is 14.8 Å². The lowest BCUT2D eigenvalue weighted by Crippen LogP contribution is -2.40. The molecule has 1 saturated heterocycles. The number of aromatic nitrogens is 5. The summed E-state index contributed by atoms with van der Waals surface area (Å²) >= 11 is 0. The number of hydrogen-bond donors (Lipinski definition) is 1. The molecule has 0 aliphatic carbocycles. The summed E-state index contributed by atoms with van der Waals surface area (Å²) in [6, 6.07) is 3.79. The van der Waals surface area contributed by atoms with Gasteiger partial charge in [-0.2, -0.15) is 0 Å². The Morgan fingerprint density at radius 2 is 2.11 bits per heavy atom. The van der Waals surface area contributed by atoms with Gasteiger partial charge in [-0.05, 0) is 61.0 Å². The van der Waals surface area contributed by atoms with Crippen LogP contribution in [-0.4, -0.2) is 56.8 Å². The predicted octanol–water partition coefficient (Wildman–Crippen LogP) is 0.663. The highest BCUT2D eigenvalue weighted by Gasteiger charge is 2.28. The summed E-state index contributed by atoms with van der Waals surface area (Å²) in [5.74, 6) is 0.819. The summed E-state index contributed by atoms with van der Waals surface area (Å²) < 4.78 is 1.44. The predicted molar refractivity (Wildman–Crippen MR) is 71.9 cm³/mol. The Labute approximate surface area is 112 Å². The number of nitrogens with zero attached hydrogens (tertiary/aromatic N) is 6. The molecule has 1 N–H and O–H groups in total. The SMILES string of the molecule is CN1CCC(C)(CNc2ccc3nnnn3n2)CC1. The van der Waals surface area contributed by atoms with E-state index in [0.717, 1.165) is 25.5 Å². The van der Waals surface area contributed by atoms with Gasteiger partial charge >= 0.3 is 0 Å². The monoisotopic (exact) mass is 261 g/mol. The highest BCUT2D eigenvalue weighted by Crippen LogP contribution is 2.30. The number of piperidine rings is 1. The van der Waals surface area contributed by atoms with E-state index < -0.39 is 0 Å². The minimum Gasteiger partial charge on any atom is -0.368 e. The molecular weight excluding hydrogens is 242 g/mol. The van der Waals surface area contributed by atoms with Gasteiger partial charge < -0.3 is 10.2 Å². The van der Waals surface area contributed by atoms with Gasteiger partial charge in [0.25, 0.3) is 0 Å². The molecule has 0 spiro atoms. The number of tetrazole rings is 1. The molecule has 0 radical (unpaired) electrons. The fourth-order valence-electron chi connectivity index (χ4n) is 2.38. The number of likely N-dealkylation sites (tertiary alicyclic amines) is 1. The molecule has 19 heavy (non-hydrogen) atoms. The summed E-state index contributed by atoms with van der Waals surface area (Å²) in [7, 11) is 2.18. The highest BCUT2D eigenvalue weighted by atomic mass is 15.6. The first-order valence-corrected chi connectivity index (χ1v) is 6.63. The number of fused-ring (bicyclic) bond motifs is 1. The average Bonchev–Trinajstić information content (AvgIpc) is 2.88. The quantitative estimate of drug-likeness (QED) is 0.875. The third kappa shape index (κ3) is 2.65. The lowest BCUT2D eigenvalue weighted by atomic mass is 9.80. The smallest absolute Gasteiger partial charge is 0.200 e. The van der Waals surface area contributed by atoms with Crippen LogP contribution in [0.3, 0.4) is 0 Å². The van der Waals surface area contributed by atoms with Crippen molar-refractivity contribution in [2.75, 3.05) is 32.0 Å². The van der Waals surface area contributed by atoms with Crippen LogP contribution >= 0.6 is 0 Å². The minimum absolute atomic E-state index is 0.337. The maximum Gasteiger partial charge on any atom is 0.200 e. The van der Waals surface area contributed by atoms with E-state index in [1.165, 1.54) is 17.5 Å². The van der Waals surface area contributed by atoms with E-state index in [1.54, 1.807) is 0 Å². The van der Waals surface area contributed by atoms with Crippen LogP contribution in [0, 0.1) is 5.41 Å². The number of hydrogen-bond acceptors (Lipinski definition) is 6. The van der Waals surface area contributed by atoms with Crippen molar-refractivity contribution in [1.29, 1.82) is 0 Å². The van der Waals surface area contributed by atoms with E-state index in [-0.39, 0.29) is 0 Å². The molecule has 0 unspecified atom stereocenters. The number of rotatable bonds is 3. The number of nitrogens with one attached hydrogen (secondary N) is 1. The zero-order valence-corrected chi connectivity index (χ0v) is 11.4. The molecule has 3 heterocycles. The van der Waals surface area contributed by atoms with E-state index >= 15 is 0 Å². The van der Waals surface area contributed by atoms with Crippen LogP contribution in [0.5, 0.6) is 0 Å². The Balaban J connectivity index is 1.65. The van der Waals surface area contributed by atoms with Crippen molar-refractivity contribution in [3.8, 4) is 0 Å². The first kappa shape index (κ1) is 12.3. The lowest BCUT2D eigenvalue weighted by Gasteiger charge is -2.38. The lowest BCUT2D eigenvalue weighted by molar-refractivity contribution is 0.150. The summed E-state index contributed by atoms with van der Waals surface area (Å²) in [6.07, 6.45) is 2.42. The molecule has 0 saturated carbocycles. The summed E-state index contributed by atoms with van der Waals surface area (Å²) in [5.41, 5.74) is 1.00. The van der Waals surface area contributed by atoms with E-state index in [1.807, 2.05) is 12.1 Å². The van der Waals surface area contributed by atoms with Gasteiger partial charge in [0.2, 0.25) is 0 Å². The van der Waals surface area contributed by atoms with Gasteiger partial charge in [0.1, 0.15) is 5.82 Å². The molecule has 3 rings (SSSR count). The fraction of sp³-hybridized carbons (Fsp3) is 0.667. The van der Waals surface area contributed by atoms with Crippen molar-refractivity contribution in [3.05, 3.63) is 12.1 Å². The van der Waals surface area contributed by atoms with Gasteiger partial charge in [0.05, 0.1) is 0 Å². The Kier molecular flexibility index (Phi) is 3.06. The molecule has 1 fully saturated rings. The summed E-state index contributed by atoms with van der Waals surface area (Å²) in [6.45, 7) is 5.60. The molecule has 2 aromatic rings. The van der Waals surface area contributed by atoms with Crippen molar-refractivity contribution >= 4 is 11.5 Å². The van der Waals surface area contributed by atoms with Crippen LogP contribution in [0.1, 0.15) is 19.8 Å². The summed E-state index contributed by atoms with van der Waals surface area (Å²) in [4.78, 5) is 2.38. The van der Waals surface area contributed by atoms with Gasteiger partial charge in [0.15, 0.2) is 5.65 Å². The van der Waals surface area contributed by atoms with E-state index in [2.05, 4.69) is 44.8 Å². The standard InChI is InChI=1S/C12H19N7/c1-12(5-7-18(2)8-6-12)9-13-10-3-4-11-14-16-17-19(11)15-10/h3-4H,5-9H2,1-2H3,(H,13,15). The molecule has 0 atom stereocenters. The second-order valence-corrected chi connectivity index (χ2v) is 5.71. The largest absolute Gasteiger partial charge is 0.368 e. The second kappa shape index (κ2) is 4.73. The van der Waals surface area contributed by atoms with Crippen LogP contribution < -0.4 is 5.32 Å². The van der Waals surface area contributed by atoms with Crippen molar-refractivity contribution in [2.45, 2.75) is 19.8 Å². The molecule has 7 nitrogen and oxygen atoms in total. The molecule has 0 aromatic carbocycles. The second-order valence-electron chi connectivity index (χ2n) is 5.71. The van der Waals surface area contributed by atoms with Crippen LogP contribution in [0.15, 0.2) is 12.1 Å². The third-order valence-electron chi connectivity index (χ3n) is 3.96. The molecular formula is C12H19N7. The van der Waals surface area contributed by atoms with Crippen LogP contribution in [-0.2, 0) is 0 Å². The van der Waals surface area contributed by atoms with Gasteiger partial charge in [-0.25, -0.2) is 0 Å². The van der Waals surface area contributed by atoms with Gasteiger partial charge in [0, 0.05) is 6.54 Å². The Morgan fingerprint density at radius 3 is 2.89 bits per heavy atom. The maximum atomic E-state index is 4.32. The number of anilines is 1. The van der Waals surface area contributed by atoms with Crippen molar-refractivity contribution in [1.82, 2.24) is 30.2 Å².